The summed E-state index contributed by atoms with van der Waals surface area (Å²) in [5, 5.41) is 9.38. The smallest absolute Gasteiger partial charge is 0.0762 e. The van der Waals surface area contributed by atoms with E-state index in [2.05, 4.69) is 6.07 Å². The van der Waals surface area contributed by atoms with Crippen molar-refractivity contribution in [3.05, 3.63) is 34.9 Å². The van der Waals surface area contributed by atoms with Gasteiger partial charge in [-0.05, 0) is 30.0 Å². The SMILES string of the molecule is CC(O)c1ccc2c(c1)COCC2. The molecule has 2 nitrogen and oxygen atoms in total. The van der Waals surface area contributed by atoms with Crippen LogP contribution in [0.1, 0.15) is 29.7 Å². The molecule has 0 aliphatic carbocycles. The average molecular weight is 178 g/mol. The molecule has 70 valence electrons. The van der Waals surface area contributed by atoms with Crippen LogP contribution in [0.4, 0.5) is 0 Å². The third-order valence-electron chi connectivity index (χ3n) is 2.49. The molecule has 0 aromatic heterocycles. The lowest BCUT2D eigenvalue weighted by molar-refractivity contribution is 0.110. The molecule has 1 unspecified atom stereocenters. The van der Waals surface area contributed by atoms with Crippen LogP contribution >= 0.6 is 0 Å². The molecule has 2 rings (SSSR count). The summed E-state index contributed by atoms with van der Waals surface area (Å²) < 4.78 is 5.35. The Kier molecular flexibility index (Phi) is 2.34. The Labute approximate surface area is 78.2 Å². The quantitative estimate of drug-likeness (QED) is 0.710. The molecule has 0 spiro atoms. The second kappa shape index (κ2) is 3.48. The van der Waals surface area contributed by atoms with Crippen molar-refractivity contribution >= 4 is 0 Å². The Bertz CT molecular complexity index is 305. The van der Waals surface area contributed by atoms with E-state index in [0.717, 1.165) is 18.6 Å². The van der Waals surface area contributed by atoms with Crippen molar-refractivity contribution in [1.82, 2.24) is 0 Å². The van der Waals surface area contributed by atoms with E-state index >= 15 is 0 Å². The molecule has 0 radical (unpaired) electrons. The number of ether oxygens (including phenoxy) is 1. The Morgan fingerprint density at radius 1 is 1.38 bits per heavy atom. The van der Waals surface area contributed by atoms with Crippen molar-refractivity contribution in [3.8, 4) is 0 Å². The predicted octanol–water partition coefficient (Wildman–Crippen LogP) is 1.81. The molecule has 13 heavy (non-hydrogen) atoms. The third kappa shape index (κ3) is 1.74. The van der Waals surface area contributed by atoms with Crippen molar-refractivity contribution in [2.45, 2.75) is 26.1 Å². The average Bonchev–Trinajstić information content (AvgIpc) is 2.17. The first-order valence-electron chi connectivity index (χ1n) is 4.65. The molecule has 2 heteroatoms. The lowest BCUT2D eigenvalue weighted by Gasteiger charge is -2.17. The van der Waals surface area contributed by atoms with Gasteiger partial charge in [0.2, 0.25) is 0 Å². The summed E-state index contributed by atoms with van der Waals surface area (Å²) in [6, 6.07) is 6.13. The van der Waals surface area contributed by atoms with Gasteiger partial charge in [0.05, 0.1) is 19.3 Å². The highest BCUT2D eigenvalue weighted by Crippen LogP contribution is 2.21. The van der Waals surface area contributed by atoms with E-state index in [-0.39, 0.29) is 6.10 Å². The molecule has 1 aromatic rings. The lowest BCUT2D eigenvalue weighted by Crippen LogP contribution is -2.10. The monoisotopic (exact) mass is 178 g/mol. The van der Waals surface area contributed by atoms with Crippen LogP contribution in [0.3, 0.4) is 0 Å². The number of hydrogen-bond acceptors (Lipinski definition) is 2. The Balaban J connectivity index is 2.35. The minimum absolute atomic E-state index is 0.382. The van der Waals surface area contributed by atoms with Crippen molar-refractivity contribution in [2.24, 2.45) is 0 Å². The molecule has 0 fully saturated rings. The van der Waals surface area contributed by atoms with Gasteiger partial charge in [0.1, 0.15) is 0 Å². The van der Waals surface area contributed by atoms with Crippen LogP contribution < -0.4 is 0 Å². The van der Waals surface area contributed by atoms with Gasteiger partial charge < -0.3 is 9.84 Å². The number of aliphatic hydroxyl groups is 1. The standard InChI is InChI=1S/C11H14O2/c1-8(12)10-3-2-9-4-5-13-7-11(9)6-10/h2-3,6,8,12H,4-5,7H2,1H3. The lowest BCUT2D eigenvalue weighted by atomic mass is 9.99. The van der Waals surface area contributed by atoms with Crippen molar-refractivity contribution in [1.29, 1.82) is 0 Å². The topological polar surface area (TPSA) is 29.5 Å². The first kappa shape index (κ1) is 8.73. The Morgan fingerprint density at radius 3 is 3.00 bits per heavy atom. The van der Waals surface area contributed by atoms with Gasteiger partial charge in [-0.3, -0.25) is 0 Å². The van der Waals surface area contributed by atoms with Gasteiger partial charge in [-0.25, -0.2) is 0 Å². The van der Waals surface area contributed by atoms with E-state index in [4.69, 9.17) is 4.74 Å². The number of rotatable bonds is 1. The normalized spacial score (nSPS) is 18.0. The van der Waals surface area contributed by atoms with Crippen molar-refractivity contribution in [2.75, 3.05) is 6.61 Å². The van der Waals surface area contributed by atoms with Gasteiger partial charge in [-0.1, -0.05) is 18.2 Å². The van der Waals surface area contributed by atoms with Gasteiger partial charge in [0.15, 0.2) is 0 Å². The van der Waals surface area contributed by atoms with Crippen LogP contribution in [0.15, 0.2) is 18.2 Å². The van der Waals surface area contributed by atoms with Gasteiger partial charge in [0, 0.05) is 0 Å². The minimum atomic E-state index is -0.382. The van der Waals surface area contributed by atoms with E-state index in [1.165, 1.54) is 11.1 Å². The molecule has 1 heterocycles. The minimum Gasteiger partial charge on any atom is -0.389 e. The van der Waals surface area contributed by atoms with Crippen molar-refractivity contribution in [3.63, 3.8) is 0 Å². The van der Waals surface area contributed by atoms with E-state index in [0.29, 0.717) is 6.61 Å². The fraction of sp³-hybridized carbons (Fsp3) is 0.455. The maximum Gasteiger partial charge on any atom is 0.0762 e. The summed E-state index contributed by atoms with van der Waals surface area (Å²) >= 11 is 0. The van der Waals surface area contributed by atoms with E-state index in [9.17, 15) is 5.11 Å². The zero-order valence-electron chi connectivity index (χ0n) is 7.79. The van der Waals surface area contributed by atoms with Crippen molar-refractivity contribution < 1.29 is 9.84 Å². The van der Waals surface area contributed by atoms with Gasteiger partial charge in [-0.15, -0.1) is 0 Å². The maximum atomic E-state index is 9.38. The number of benzene rings is 1. The fourth-order valence-electron chi connectivity index (χ4n) is 1.65. The highest BCUT2D eigenvalue weighted by Gasteiger charge is 2.10. The molecule has 0 amide bonds. The van der Waals surface area contributed by atoms with E-state index < -0.39 is 0 Å². The van der Waals surface area contributed by atoms with Crippen LogP contribution in [0.5, 0.6) is 0 Å². The summed E-state index contributed by atoms with van der Waals surface area (Å²) in [6.07, 6.45) is 0.613. The zero-order chi connectivity index (χ0) is 9.26. The van der Waals surface area contributed by atoms with Gasteiger partial charge in [-0.2, -0.15) is 0 Å². The Morgan fingerprint density at radius 2 is 2.23 bits per heavy atom. The molecule has 1 atom stereocenters. The second-order valence-electron chi connectivity index (χ2n) is 3.51. The van der Waals surface area contributed by atoms with Gasteiger partial charge in [0.25, 0.3) is 0 Å². The second-order valence-corrected chi connectivity index (χ2v) is 3.51. The Hall–Kier alpha value is -0.860. The molecule has 1 aliphatic rings. The largest absolute Gasteiger partial charge is 0.389 e. The highest BCUT2D eigenvalue weighted by atomic mass is 16.5. The molecule has 1 aliphatic heterocycles. The summed E-state index contributed by atoms with van der Waals surface area (Å²) in [4.78, 5) is 0. The highest BCUT2D eigenvalue weighted by molar-refractivity contribution is 5.33. The summed E-state index contributed by atoms with van der Waals surface area (Å²) in [7, 11) is 0. The molecular formula is C11H14O2. The summed E-state index contributed by atoms with van der Waals surface area (Å²) in [6.45, 7) is 3.29. The molecule has 0 saturated heterocycles. The molecule has 1 N–H and O–H groups in total. The first-order valence-corrected chi connectivity index (χ1v) is 4.65. The molecule has 1 aromatic carbocycles. The summed E-state index contributed by atoms with van der Waals surface area (Å²) in [5.41, 5.74) is 3.56. The third-order valence-corrected chi connectivity index (χ3v) is 2.49. The molecule has 0 saturated carbocycles. The van der Waals surface area contributed by atoms with Crippen LogP contribution in [-0.2, 0) is 17.8 Å². The van der Waals surface area contributed by atoms with E-state index in [1.54, 1.807) is 6.92 Å². The maximum absolute atomic E-state index is 9.38. The van der Waals surface area contributed by atoms with Crippen LogP contribution in [0, 0.1) is 0 Å². The van der Waals surface area contributed by atoms with Crippen LogP contribution in [-0.4, -0.2) is 11.7 Å². The van der Waals surface area contributed by atoms with Gasteiger partial charge >= 0.3 is 0 Å². The van der Waals surface area contributed by atoms with Crippen LogP contribution in [0.25, 0.3) is 0 Å². The predicted molar refractivity (Wildman–Crippen MR) is 50.4 cm³/mol. The molecule has 0 bridgehead atoms. The first-order chi connectivity index (χ1) is 6.27. The molecular weight excluding hydrogens is 164 g/mol. The van der Waals surface area contributed by atoms with Crippen LogP contribution in [0.2, 0.25) is 0 Å². The summed E-state index contributed by atoms with van der Waals surface area (Å²) in [5.74, 6) is 0. The number of hydrogen-bond donors (Lipinski definition) is 1. The fourth-order valence-corrected chi connectivity index (χ4v) is 1.65. The number of aliphatic hydroxyl groups excluding tert-OH is 1. The zero-order valence-corrected chi connectivity index (χ0v) is 7.79. The van der Waals surface area contributed by atoms with E-state index in [1.807, 2.05) is 12.1 Å². The number of fused-ring (bicyclic) bond motifs is 1.